The Hall–Kier alpha value is -2.44. The standard InChI is InChI=1S/C21H23F5N4O.HI/c1-30(2)19(31)13-29-20(27-9-8-15-11-17(22)6-7-18(15)23)28-12-14-4-3-5-16(10-14)21(24,25)26;/h3-7,10-11H,8-9,12-13H2,1-2H3,(H2,27,28,29);1H. The molecule has 0 saturated carbocycles. The molecule has 0 unspecified atom stereocenters. The average Bonchev–Trinajstić information content (AvgIpc) is 2.71. The molecule has 1 amide bonds. The SMILES string of the molecule is CN(C)C(=O)CNC(=NCc1cccc(C(F)(F)F)c1)NCCc1cc(F)ccc1F.I. The van der Waals surface area contributed by atoms with Gasteiger partial charge in [0.25, 0.3) is 0 Å². The maximum absolute atomic E-state index is 13.8. The van der Waals surface area contributed by atoms with Crippen molar-refractivity contribution < 1.29 is 26.7 Å². The minimum absolute atomic E-state index is 0. The van der Waals surface area contributed by atoms with Crippen LogP contribution in [0, 0.1) is 11.6 Å². The van der Waals surface area contributed by atoms with Crippen LogP contribution in [0.3, 0.4) is 0 Å². The van der Waals surface area contributed by atoms with Gasteiger partial charge in [-0.25, -0.2) is 13.8 Å². The first-order chi connectivity index (χ1) is 14.6. The van der Waals surface area contributed by atoms with Crippen molar-refractivity contribution in [1.29, 1.82) is 0 Å². The summed E-state index contributed by atoms with van der Waals surface area (Å²) in [6.07, 6.45) is -4.33. The lowest BCUT2D eigenvalue weighted by Crippen LogP contribution is -2.43. The van der Waals surface area contributed by atoms with Crippen molar-refractivity contribution >= 4 is 35.8 Å². The van der Waals surface area contributed by atoms with Gasteiger partial charge >= 0.3 is 6.18 Å². The summed E-state index contributed by atoms with van der Waals surface area (Å²) in [7, 11) is 3.15. The maximum Gasteiger partial charge on any atom is 0.416 e. The van der Waals surface area contributed by atoms with Crippen LogP contribution in [0.5, 0.6) is 0 Å². The maximum atomic E-state index is 13.8. The zero-order valence-electron chi connectivity index (χ0n) is 17.5. The Labute approximate surface area is 200 Å². The van der Waals surface area contributed by atoms with E-state index in [0.717, 1.165) is 30.3 Å². The number of carbonyl (C=O) groups is 1. The highest BCUT2D eigenvalue weighted by Gasteiger charge is 2.30. The lowest BCUT2D eigenvalue weighted by atomic mass is 10.1. The molecule has 0 radical (unpaired) electrons. The highest BCUT2D eigenvalue weighted by Crippen LogP contribution is 2.29. The second kappa shape index (κ2) is 12.6. The summed E-state index contributed by atoms with van der Waals surface area (Å²) in [5, 5.41) is 5.67. The molecule has 2 rings (SSSR count). The van der Waals surface area contributed by atoms with Gasteiger partial charge in [-0.2, -0.15) is 13.2 Å². The van der Waals surface area contributed by atoms with E-state index in [1.807, 2.05) is 0 Å². The summed E-state index contributed by atoms with van der Waals surface area (Å²) in [4.78, 5) is 17.4. The third-order valence-corrected chi connectivity index (χ3v) is 4.27. The highest BCUT2D eigenvalue weighted by molar-refractivity contribution is 14.0. The van der Waals surface area contributed by atoms with Crippen LogP contribution in [0.4, 0.5) is 22.0 Å². The number of halogens is 6. The van der Waals surface area contributed by atoms with E-state index in [9.17, 15) is 26.7 Å². The summed E-state index contributed by atoms with van der Waals surface area (Å²) in [6.45, 7) is -0.0234. The first-order valence-electron chi connectivity index (χ1n) is 9.38. The Morgan fingerprint density at radius 3 is 2.44 bits per heavy atom. The molecule has 0 aliphatic carbocycles. The first kappa shape index (κ1) is 27.6. The molecule has 0 spiro atoms. The molecule has 0 aliphatic rings. The summed E-state index contributed by atoms with van der Waals surface area (Å²) < 4.78 is 65.7. The molecule has 2 aromatic carbocycles. The number of hydrogen-bond donors (Lipinski definition) is 2. The smallest absolute Gasteiger partial charge is 0.356 e. The summed E-state index contributed by atoms with van der Waals surface area (Å²) in [6, 6.07) is 7.88. The lowest BCUT2D eigenvalue weighted by Gasteiger charge is -2.15. The number of guanidine groups is 1. The van der Waals surface area contributed by atoms with Gasteiger partial charge in [-0.1, -0.05) is 12.1 Å². The molecular weight excluding hydrogens is 546 g/mol. The van der Waals surface area contributed by atoms with Gasteiger partial charge in [-0.05, 0) is 47.9 Å². The van der Waals surface area contributed by atoms with Crippen molar-refractivity contribution in [3.63, 3.8) is 0 Å². The number of hydrogen-bond acceptors (Lipinski definition) is 2. The molecule has 2 aromatic rings. The number of carbonyl (C=O) groups excluding carboxylic acids is 1. The first-order valence-corrected chi connectivity index (χ1v) is 9.38. The predicted molar refractivity (Wildman–Crippen MR) is 123 cm³/mol. The second-order valence-corrected chi connectivity index (χ2v) is 6.92. The largest absolute Gasteiger partial charge is 0.416 e. The Balaban J connectivity index is 0.00000512. The van der Waals surface area contributed by atoms with Crippen molar-refractivity contribution in [2.24, 2.45) is 4.99 Å². The number of benzene rings is 2. The van der Waals surface area contributed by atoms with Crippen LogP contribution in [0.2, 0.25) is 0 Å². The summed E-state index contributed by atoms with van der Waals surface area (Å²) in [5.41, 5.74) is -0.299. The summed E-state index contributed by atoms with van der Waals surface area (Å²) >= 11 is 0. The molecule has 32 heavy (non-hydrogen) atoms. The van der Waals surface area contributed by atoms with E-state index in [1.54, 1.807) is 14.1 Å². The van der Waals surface area contributed by atoms with Gasteiger partial charge in [-0.3, -0.25) is 4.79 Å². The molecule has 0 saturated heterocycles. The minimum Gasteiger partial charge on any atom is -0.356 e. The van der Waals surface area contributed by atoms with E-state index >= 15 is 0 Å². The summed E-state index contributed by atoms with van der Waals surface area (Å²) in [5.74, 6) is -1.21. The van der Waals surface area contributed by atoms with Crippen LogP contribution in [-0.2, 0) is 23.9 Å². The lowest BCUT2D eigenvalue weighted by molar-refractivity contribution is -0.137. The molecule has 0 heterocycles. The fourth-order valence-corrected chi connectivity index (χ4v) is 2.56. The van der Waals surface area contributed by atoms with Gasteiger partial charge in [0, 0.05) is 20.6 Å². The number of nitrogens with one attached hydrogen (secondary N) is 2. The van der Waals surface area contributed by atoms with Crippen LogP contribution in [0.1, 0.15) is 16.7 Å². The Kier molecular flexibility index (Phi) is 10.8. The van der Waals surface area contributed by atoms with Crippen molar-refractivity contribution in [3.05, 3.63) is 70.8 Å². The van der Waals surface area contributed by atoms with Crippen LogP contribution >= 0.6 is 24.0 Å². The third-order valence-electron chi connectivity index (χ3n) is 4.27. The van der Waals surface area contributed by atoms with E-state index in [-0.39, 0.29) is 67.5 Å². The molecule has 0 atom stereocenters. The number of rotatable bonds is 7. The Morgan fingerprint density at radius 1 is 1.06 bits per heavy atom. The molecule has 5 nitrogen and oxygen atoms in total. The number of likely N-dealkylation sites (N-methyl/N-ethyl adjacent to an activating group) is 1. The number of nitrogens with zero attached hydrogens (tertiary/aromatic N) is 2. The number of alkyl halides is 3. The fraction of sp³-hybridized carbons (Fsp3) is 0.333. The van der Waals surface area contributed by atoms with E-state index in [2.05, 4.69) is 15.6 Å². The highest BCUT2D eigenvalue weighted by atomic mass is 127. The second-order valence-electron chi connectivity index (χ2n) is 6.92. The van der Waals surface area contributed by atoms with Gasteiger partial charge in [0.2, 0.25) is 5.91 Å². The topological polar surface area (TPSA) is 56.7 Å². The van der Waals surface area contributed by atoms with E-state index < -0.39 is 23.4 Å². The zero-order valence-corrected chi connectivity index (χ0v) is 19.8. The van der Waals surface area contributed by atoms with Crippen LogP contribution in [-0.4, -0.2) is 44.0 Å². The normalized spacial score (nSPS) is 11.5. The third kappa shape index (κ3) is 8.97. The Morgan fingerprint density at radius 2 is 1.78 bits per heavy atom. The number of aliphatic imine (C=N–C) groups is 1. The molecule has 176 valence electrons. The molecule has 0 aromatic heterocycles. The Bertz CT molecular complexity index is 935. The molecule has 2 N–H and O–H groups in total. The van der Waals surface area contributed by atoms with Crippen LogP contribution < -0.4 is 10.6 Å². The van der Waals surface area contributed by atoms with Crippen molar-refractivity contribution in [3.8, 4) is 0 Å². The molecule has 0 bridgehead atoms. The van der Waals surface area contributed by atoms with Crippen LogP contribution in [0.15, 0.2) is 47.5 Å². The van der Waals surface area contributed by atoms with Gasteiger partial charge in [0.05, 0.1) is 18.7 Å². The zero-order chi connectivity index (χ0) is 23.0. The van der Waals surface area contributed by atoms with E-state index in [0.29, 0.717) is 5.56 Å². The molecular formula is C21H24F5IN4O. The minimum atomic E-state index is -4.47. The quantitative estimate of drug-likeness (QED) is 0.230. The van der Waals surface area contributed by atoms with Gasteiger partial charge in [0.15, 0.2) is 5.96 Å². The van der Waals surface area contributed by atoms with E-state index in [1.165, 1.54) is 17.0 Å². The predicted octanol–water partition coefficient (Wildman–Crippen LogP) is 3.97. The van der Waals surface area contributed by atoms with Gasteiger partial charge in [-0.15, -0.1) is 24.0 Å². The monoisotopic (exact) mass is 570 g/mol. The van der Waals surface area contributed by atoms with Gasteiger partial charge < -0.3 is 15.5 Å². The van der Waals surface area contributed by atoms with Crippen molar-refractivity contribution in [2.45, 2.75) is 19.1 Å². The van der Waals surface area contributed by atoms with Crippen molar-refractivity contribution in [2.75, 3.05) is 27.2 Å². The molecule has 11 heteroatoms. The van der Waals surface area contributed by atoms with Crippen molar-refractivity contribution in [1.82, 2.24) is 15.5 Å². The van der Waals surface area contributed by atoms with Gasteiger partial charge in [0.1, 0.15) is 11.6 Å². The van der Waals surface area contributed by atoms with Crippen LogP contribution in [0.25, 0.3) is 0 Å². The fourth-order valence-electron chi connectivity index (χ4n) is 2.56. The molecule has 0 fully saturated rings. The van der Waals surface area contributed by atoms with E-state index in [4.69, 9.17) is 0 Å². The molecule has 0 aliphatic heterocycles. The average molecular weight is 570 g/mol. The number of amides is 1.